The highest BCUT2D eigenvalue weighted by Gasteiger charge is 2.24. The van der Waals surface area contributed by atoms with E-state index in [1.807, 2.05) is 32.0 Å². The summed E-state index contributed by atoms with van der Waals surface area (Å²) in [6.45, 7) is 4.87. The van der Waals surface area contributed by atoms with E-state index in [9.17, 15) is 8.78 Å². The number of alkyl halides is 2. The lowest BCUT2D eigenvalue weighted by molar-refractivity contribution is 0.0173. The van der Waals surface area contributed by atoms with Gasteiger partial charge in [-0.25, -0.2) is 8.78 Å². The van der Waals surface area contributed by atoms with Crippen LogP contribution in [0.25, 0.3) is 0 Å². The highest BCUT2D eigenvalue weighted by Crippen LogP contribution is 2.31. The standard InChI is InChI=1S/C16H16F2O/c1-11-7-8-15(9-12(11)2)19-14-6-4-5-13(10-14)16(3,17)18/h4-10H,1-3H3. The van der Waals surface area contributed by atoms with Crippen molar-refractivity contribution in [2.75, 3.05) is 0 Å². The summed E-state index contributed by atoms with van der Waals surface area (Å²) in [5.74, 6) is -1.79. The average Bonchev–Trinajstić information content (AvgIpc) is 2.33. The Morgan fingerprint density at radius 1 is 0.895 bits per heavy atom. The van der Waals surface area contributed by atoms with Gasteiger partial charge in [0.1, 0.15) is 11.5 Å². The predicted molar refractivity (Wildman–Crippen MR) is 72.0 cm³/mol. The van der Waals surface area contributed by atoms with Crippen molar-refractivity contribution in [2.24, 2.45) is 0 Å². The van der Waals surface area contributed by atoms with Gasteiger partial charge in [0.25, 0.3) is 5.92 Å². The minimum Gasteiger partial charge on any atom is -0.457 e. The van der Waals surface area contributed by atoms with E-state index < -0.39 is 5.92 Å². The normalized spacial score (nSPS) is 11.4. The van der Waals surface area contributed by atoms with Gasteiger partial charge >= 0.3 is 0 Å². The summed E-state index contributed by atoms with van der Waals surface area (Å²) in [5.41, 5.74) is 2.23. The van der Waals surface area contributed by atoms with Crippen LogP contribution in [0.4, 0.5) is 8.78 Å². The van der Waals surface area contributed by atoms with Gasteiger partial charge in [0.05, 0.1) is 0 Å². The molecule has 0 saturated heterocycles. The number of rotatable bonds is 3. The van der Waals surface area contributed by atoms with Gasteiger partial charge in [0.15, 0.2) is 0 Å². The van der Waals surface area contributed by atoms with Crippen LogP contribution < -0.4 is 4.74 Å². The zero-order valence-corrected chi connectivity index (χ0v) is 11.2. The molecule has 0 aliphatic heterocycles. The summed E-state index contributed by atoms with van der Waals surface area (Å²) in [6.07, 6.45) is 0. The van der Waals surface area contributed by atoms with E-state index in [2.05, 4.69) is 0 Å². The lowest BCUT2D eigenvalue weighted by Crippen LogP contribution is -2.06. The second-order valence-corrected chi connectivity index (χ2v) is 4.76. The van der Waals surface area contributed by atoms with Gasteiger partial charge < -0.3 is 4.74 Å². The van der Waals surface area contributed by atoms with Crippen molar-refractivity contribution >= 4 is 0 Å². The maximum absolute atomic E-state index is 13.2. The van der Waals surface area contributed by atoms with Crippen molar-refractivity contribution in [3.05, 3.63) is 59.2 Å². The summed E-state index contributed by atoms with van der Waals surface area (Å²) in [5, 5.41) is 0. The molecule has 2 aromatic rings. The van der Waals surface area contributed by atoms with Gasteiger partial charge in [-0.2, -0.15) is 0 Å². The van der Waals surface area contributed by atoms with E-state index in [4.69, 9.17) is 4.74 Å². The van der Waals surface area contributed by atoms with Crippen molar-refractivity contribution < 1.29 is 13.5 Å². The first kappa shape index (κ1) is 13.5. The monoisotopic (exact) mass is 262 g/mol. The first-order valence-corrected chi connectivity index (χ1v) is 6.10. The minimum absolute atomic E-state index is 0.0474. The highest BCUT2D eigenvalue weighted by molar-refractivity contribution is 5.38. The van der Waals surface area contributed by atoms with Crippen LogP contribution in [0.1, 0.15) is 23.6 Å². The topological polar surface area (TPSA) is 9.23 Å². The molecule has 0 aromatic heterocycles. The molecule has 0 atom stereocenters. The third-order valence-corrected chi connectivity index (χ3v) is 3.06. The van der Waals surface area contributed by atoms with Crippen molar-refractivity contribution in [1.82, 2.24) is 0 Å². The minimum atomic E-state index is -2.86. The molecule has 1 nitrogen and oxygen atoms in total. The molecule has 0 aliphatic rings. The van der Waals surface area contributed by atoms with Crippen molar-refractivity contribution in [3.63, 3.8) is 0 Å². The van der Waals surface area contributed by atoms with Crippen LogP contribution in [0.2, 0.25) is 0 Å². The fraction of sp³-hybridized carbons (Fsp3) is 0.250. The molecular formula is C16H16F2O. The van der Waals surface area contributed by atoms with Crippen LogP contribution in [0.3, 0.4) is 0 Å². The van der Waals surface area contributed by atoms with Gasteiger partial charge in [-0.05, 0) is 49.2 Å². The van der Waals surface area contributed by atoms with Crippen LogP contribution in [0, 0.1) is 13.8 Å². The number of hydrogen-bond acceptors (Lipinski definition) is 1. The molecule has 0 saturated carbocycles. The van der Waals surface area contributed by atoms with Gasteiger partial charge in [-0.1, -0.05) is 18.2 Å². The van der Waals surface area contributed by atoms with Gasteiger partial charge in [-0.15, -0.1) is 0 Å². The number of benzene rings is 2. The molecule has 0 fully saturated rings. The molecule has 100 valence electrons. The summed E-state index contributed by atoms with van der Waals surface area (Å²) in [7, 11) is 0. The summed E-state index contributed by atoms with van der Waals surface area (Å²) < 4.78 is 32.1. The maximum Gasteiger partial charge on any atom is 0.270 e. The van der Waals surface area contributed by atoms with E-state index in [0.29, 0.717) is 11.5 Å². The molecular weight excluding hydrogens is 246 g/mol. The number of hydrogen-bond donors (Lipinski definition) is 0. The summed E-state index contributed by atoms with van der Waals surface area (Å²) >= 11 is 0. The number of ether oxygens (including phenoxy) is 1. The number of aryl methyl sites for hydroxylation is 2. The van der Waals surface area contributed by atoms with Gasteiger partial charge in [0, 0.05) is 12.5 Å². The van der Waals surface area contributed by atoms with Crippen molar-refractivity contribution in [3.8, 4) is 11.5 Å². The summed E-state index contributed by atoms with van der Waals surface area (Å²) in [6, 6.07) is 11.7. The molecule has 3 heteroatoms. The van der Waals surface area contributed by atoms with Crippen LogP contribution in [-0.4, -0.2) is 0 Å². The molecule has 2 rings (SSSR count). The van der Waals surface area contributed by atoms with Crippen molar-refractivity contribution in [2.45, 2.75) is 26.7 Å². The molecule has 0 aliphatic carbocycles. The molecule has 0 heterocycles. The lowest BCUT2D eigenvalue weighted by atomic mass is 10.1. The Morgan fingerprint density at radius 3 is 2.21 bits per heavy atom. The Balaban J connectivity index is 2.26. The lowest BCUT2D eigenvalue weighted by Gasteiger charge is -2.13. The molecule has 0 spiro atoms. The third-order valence-electron chi connectivity index (χ3n) is 3.06. The average molecular weight is 262 g/mol. The van der Waals surface area contributed by atoms with Crippen LogP contribution in [0.15, 0.2) is 42.5 Å². The Bertz CT molecular complexity index is 586. The largest absolute Gasteiger partial charge is 0.457 e. The fourth-order valence-corrected chi connectivity index (χ4v) is 1.75. The highest BCUT2D eigenvalue weighted by atomic mass is 19.3. The smallest absolute Gasteiger partial charge is 0.270 e. The Morgan fingerprint density at radius 2 is 1.58 bits per heavy atom. The molecule has 2 aromatic carbocycles. The quantitative estimate of drug-likeness (QED) is 0.738. The first-order chi connectivity index (χ1) is 8.86. The van der Waals surface area contributed by atoms with Crippen LogP contribution in [0.5, 0.6) is 11.5 Å². The molecule has 0 bridgehead atoms. The molecule has 0 radical (unpaired) electrons. The Hall–Kier alpha value is -1.90. The van der Waals surface area contributed by atoms with E-state index >= 15 is 0 Å². The zero-order valence-electron chi connectivity index (χ0n) is 11.2. The van der Waals surface area contributed by atoms with E-state index in [1.54, 1.807) is 12.1 Å². The SMILES string of the molecule is Cc1ccc(Oc2cccc(C(C)(F)F)c2)cc1C. The van der Waals surface area contributed by atoms with Crippen molar-refractivity contribution in [1.29, 1.82) is 0 Å². The second-order valence-electron chi connectivity index (χ2n) is 4.76. The van der Waals surface area contributed by atoms with Crippen LogP contribution in [-0.2, 0) is 5.92 Å². The Kier molecular flexibility index (Phi) is 3.56. The fourth-order valence-electron chi connectivity index (χ4n) is 1.75. The molecule has 0 N–H and O–H groups in total. The number of halogens is 2. The van der Waals surface area contributed by atoms with E-state index in [1.165, 1.54) is 17.7 Å². The molecule has 0 unspecified atom stereocenters. The zero-order chi connectivity index (χ0) is 14.0. The second kappa shape index (κ2) is 5.00. The van der Waals surface area contributed by atoms with E-state index in [0.717, 1.165) is 12.5 Å². The van der Waals surface area contributed by atoms with Crippen LogP contribution >= 0.6 is 0 Å². The van der Waals surface area contributed by atoms with Gasteiger partial charge in [0.2, 0.25) is 0 Å². The Labute approximate surface area is 111 Å². The molecule has 19 heavy (non-hydrogen) atoms. The first-order valence-electron chi connectivity index (χ1n) is 6.10. The predicted octanol–water partition coefficient (Wildman–Crippen LogP) is 5.21. The third kappa shape index (κ3) is 3.31. The maximum atomic E-state index is 13.2. The molecule has 0 amide bonds. The van der Waals surface area contributed by atoms with Gasteiger partial charge in [-0.3, -0.25) is 0 Å². The van der Waals surface area contributed by atoms with E-state index in [-0.39, 0.29) is 5.56 Å². The summed E-state index contributed by atoms with van der Waals surface area (Å²) in [4.78, 5) is 0.